The van der Waals surface area contributed by atoms with Crippen LogP contribution in [0.2, 0.25) is 0 Å². The molecule has 2 rings (SSSR count). The minimum Gasteiger partial charge on any atom is -0.323 e. The normalized spacial score (nSPS) is 10.3. The lowest BCUT2D eigenvalue weighted by atomic mass is 10.3. The van der Waals surface area contributed by atoms with Gasteiger partial charge in [0.2, 0.25) is 5.91 Å². The van der Waals surface area contributed by atoms with E-state index in [-0.39, 0.29) is 5.75 Å². The van der Waals surface area contributed by atoms with Crippen LogP contribution in [0.1, 0.15) is 0 Å². The molecule has 0 unspecified atom stereocenters. The molecule has 1 aromatic heterocycles. The summed E-state index contributed by atoms with van der Waals surface area (Å²) in [5.41, 5.74) is -0.413. The number of rotatable bonds is 4. The maximum Gasteiger partial charge on any atom is 0.234 e. The Hall–Kier alpha value is -2.09. The highest BCUT2D eigenvalue weighted by Gasteiger charge is 2.12. The molecule has 1 heterocycles. The Morgan fingerprint density at radius 1 is 1.10 bits per heavy atom. The monoisotopic (exact) mass is 299 g/mol. The summed E-state index contributed by atoms with van der Waals surface area (Å²) in [6, 6.07) is 2.59. The number of nitrogens with zero attached hydrogens (tertiary/aromatic N) is 2. The Morgan fingerprint density at radius 3 is 2.45 bits per heavy atom. The van der Waals surface area contributed by atoms with E-state index in [2.05, 4.69) is 15.3 Å². The number of aromatic nitrogens is 2. The first-order chi connectivity index (χ1) is 9.56. The van der Waals surface area contributed by atoms with Crippen molar-refractivity contribution in [2.75, 3.05) is 11.1 Å². The van der Waals surface area contributed by atoms with Crippen molar-refractivity contribution >= 4 is 23.4 Å². The molecule has 8 heteroatoms. The number of amides is 1. The van der Waals surface area contributed by atoms with Crippen molar-refractivity contribution in [1.82, 2.24) is 9.97 Å². The molecule has 0 spiro atoms. The van der Waals surface area contributed by atoms with E-state index in [4.69, 9.17) is 0 Å². The minimum atomic E-state index is -1.31. The van der Waals surface area contributed by atoms with E-state index in [1.54, 1.807) is 6.07 Å². The fraction of sp³-hybridized carbons (Fsp3) is 0.0833. The van der Waals surface area contributed by atoms with Crippen LogP contribution >= 0.6 is 11.8 Å². The van der Waals surface area contributed by atoms with Gasteiger partial charge < -0.3 is 5.32 Å². The molecule has 2 aromatic rings. The standard InChI is InChI=1S/C12H8F3N3OS/c13-7-4-9(15)10(5-8(7)14)18-11(19)6-20-12-16-2-1-3-17-12/h1-5H,6H2,(H,18,19). The van der Waals surface area contributed by atoms with Crippen molar-refractivity contribution in [2.24, 2.45) is 0 Å². The van der Waals surface area contributed by atoms with E-state index in [0.29, 0.717) is 17.3 Å². The van der Waals surface area contributed by atoms with Crippen LogP contribution in [-0.4, -0.2) is 21.6 Å². The molecular weight excluding hydrogens is 291 g/mol. The fourth-order valence-electron chi connectivity index (χ4n) is 1.29. The van der Waals surface area contributed by atoms with Gasteiger partial charge in [-0.25, -0.2) is 23.1 Å². The largest absolute Gasteiger partial charge is 0.323 e. The van der Waals surface area contributed by atoms with Gasteiger partial charge in [-0.1, -0.05) is 11.8 Å². The molecule has 0 fully saturated rings. The summed E-state index contributed by atoms with van der Waals surface area (Å²) < 4.78 is 39.0. The van der Waals surface area contributed by atoms with Crippen molar-refractivity contribution < 1.29 is 18.0 Å². The highest BCUT2D eigenvalue weighted by atomic mass is 32.2. The third-order valence-electron chi connectivity index (χ3n) is 2.16. The molecule has 0 aliphatic carbocycles. The van der Waals surface area contributed by atoms with E-state index in [1.807, 2.05) is 0 Å². The molecule has 20 heavy (non-hydrogen) atoms. The second kappa shape index (κ2) is 6.38. The third kappa shape index (κ3) is 3.70. The number of benzene rings is 1. The van der Waals surface area contributed by atoms with Crippen molar-refractivity contribution in [2.45, 2.75) is 5.16 Å². The quantitative estimate of drug-likeness (QED) is 0.536. The average molecular weight is 299 g/mol. The summed E-state index contributed by atoms with van der Waals surface area (Å²) in [5, 5.41) is 2.53. The molecule has 4 nitrogen and oxygen atoms in total. The van der Waals surface area contributed by atoms with Crippen LogP contribution in [0, 0.1) is 17.5 Å². The van der Waals surface area contributed by atoms with Gasteiger partial charge in [-0.05, 0) is 6.07 Å². The average Bonchev–Trinajstić information content (AvgIpc) is 2.44. The summed E-state index contributed by atoms with van der Waals surface area (Å²) in [6.07, 6.45) is 3.03. The van der Waals surface area contributed by atoms with Crippen LogP contribution in [-0.2, 0) is 4.79 Å². The topological polar surface area (TPSA) is 54.9 Å². The molecule has 0 radical (unpaired) electrons. The van der Waals surface area contributed by atoms with Gasteiger partial charge in [-0.15, -0.1) is 0 Å². The van der Waals surface area contributed by atoms with Crippen molar-refractivity contribution in [1.29, 1.82) is 0 Å². The van der Waals surface area contributed by atoms with Crippen LogP contribution in [0.3, 0.4) is 0 Å². The van der Waals surface area contributed by atoms with Crippen molar-refractivity contribution in [3.05, 3.63) is 48.0 Å². The lowest BCUT2D eigenvalue weighted by Crippen LogP contribution is -2.15. The lowest BCUT2D eigenvalue weighted by molar-refractivity contribution is -0.113. The lowest BCUT2D eigenvalue weighted by Gasteiger charge is -2.06. The molecule has 0 atom stereocenters. The van der Waals surface area contributed by atoms with E-state index >= 15 is 0 Å². The van der Waals surface area contributed by atoms with Gasteiger partial charge in [0.25, 0.3) is 0 Å². The highest BCUT2D eigenvalue weighted by Crippen LogP contribution is 2.19. The molecule has 0 saturated heterocycles. The van der Waals surface area contributed by atoms with Crippen LogP contribution in [0.5, 0.6) is 0 Å². The Bertz CT molecular complexity index is 625. The second-order valence-electron chi connectivity index (χ2n) is 3.61. The van der Waals surface area contributed by atoms with Crippen LogP contribution in [0.4, 0.5) is 18.9 Å². The summed E-state index contributed by atoms with van der Waals surface area (Å²) in [5.74, 6) is -4.25. The molecule has 104 valence electrons. The molecule has 1 amide bonds. The first kappa shape index (κ1) is 14.3. The van der Waals surface area contributed by atoms with E-state index in [1.165, 1.54) is 12.4 Å². The molecule has 0 saturated carbocycles. The summed E-state index contributed by atoms with van der Waals surface area (Å²) in [7, 11) is 0. The predicted octanol–water partition coefficient (Wildman–Crippen LogP) is 2.62. The first-order valence-electron chi connectivity index (χ1n) is 5.40. The maximum absolute atomic E-state index is 13.3. The zero-order valence-corrected chi connectivity index (χ0v) is 10.8. The zero-order valence-electron chi connectivity index (χ0n) is 9.94. The SMILES string of the molecule is O=C(CSc1ncccn1)Nc1cc(F)c(F)cc1F. The second-order valence-corrected chi connectivity index (χ2v) is 4.56. The zero-order chi connectivity index (χ0) is 14.5. The first-order valence-corrected chi connectivity index (χ1v) is 6.39. The third-order valence-corrected chi connectivity index (χ3v) is 3.03. The number of anilines is 1. The number of hydrogen-bond donors (Lipinski definition) is 1. The van der Waals surface area contributed by atoms with Crippen LogP contribution in [0.25, 0.3) is 0 Å². The maximum atomic E-state index is 13.3. The Kier molecular flexibility index (Phi) is 4.57. The molecule has 1 N–H and O–H groups in total. The molecule has 0 aliphatic heterocycles. The summed E-state index contributed by atoms with van der Waals surface area (Å²) in [4.78, 5) is 19.3. The van der Waals surface area contributed by atoms with Crippen LogP contribution < -0.4 is 5.32 Å². The van der Waals surface area contributed by atoms with Gasteiger partial charge in [0, 0.05) is 24.5 Å². The van der Waals surface area contributed by atoms with E-state index in [9.17, 15) is 18.0 Å². The summed E-state index contributed by atoms with van der Waals surface area (Å²) >= 11 is 1.04. The predicted molar refractivity (Wildman–Crippen MR) is 67.7 cm³/mol. The van der Waals surface area contributed by atoms with Gasteiger partial charge >= 0.3 is 0 Å². The molecule has 1 aromatic carbocycles. The van der Waals surface area contributed by atoms with Gasteiger partial charge in [-0.3, -0.25) is 4.79 Å². The van der Waals surface area contributed by atoms with E-state index in [0.717, 1.165) is 11.8 Å². The Labute approximate surface area is 116 Å². The number of hydrogen-bond acceptors (Lipinski definition) is 4. The number of thioether (sulfide) groups is 1. The smallest absolute Gasteiger partial charge is 0.234 e. The van der Waals surface area contributed by atoms with Gasteiger partial charge in [0.15, 0.2) is 16.8 Å². The molecule has 0 aliphatic rings. The Balaban J connectivity index is 1.97. The van der Waals surface area contributed by atoms with Crippen molar-refractivity contribution in [3.8, 4) is 0 Å². The van der Waals surface area contributed by atoms with Gasteiger partial charge in [0.1, 0.15) is 5.82 Å². The number of halogens is 3. The number of carbonyl (C=O) groups excluding carboxylic acids is 1. The van der Waals surface area contributed by atoms with Gasteiger partial charge in [0.05, 0.1) is 11.4 Å². The van der Waals surface area contributed by atoms with E-state index < -0.39 is 29.0 Å². The number of nitrogens with one attached hydrogen (secondary N) is 1. The Morgan fingerprint density at radius 2 is 1.75 bits per heavy atom. The van der Waals surface area contributed by atoms with Gasteiger partial charge in [-0.2, -0.15) is 0 Å². The minimum absolute atomic E-state index is 0.0809. The number of carbonyl (C=O) groups is 1. The fourth-order valence-corrected chi connectivity index (χ4v) is 1.90. The molecule has 0 bridgehead atoms. The van der Waals surface area contributed by atoms with Crippen LogP contribution in [0.15, 0.2) is 35.7 Å². The highest BCUT2D eigenvalue weighted by molar-refractivity contribution is 7.99. The summed E-state index contributed by atoms with van der Waals surface area (Å²) in [6.45, 7) is 0. The van der Waals surface area contributed by atoms with Crippen molar-refractivity contribution in [3.63, 3.8) is 0 Å². The molecular formula is C12H8F3N3OS.